The first-order chi connectivity index (χ1) is 12.0. The van der Waals surface area contributed by atoms with Crippen LogP contribution in [0.1, 0.15) is 29.8 Å². The maximum atomic E-state index is 12.7. The Morgan fingerprint density at radius 1 is 1.28 bits per heavy atom. The number of carbonyl (C=O) groups is 1. The van der Waals surface area contributed by atoms with E-state index in [0.717, 1.165) is 12.8 Å². The number of nitrogens with zero attached hydrogens (tertiary/aromatic N) is 2. The van der Waals surface area contributed by atoms with E-state index in [-0.39, 0.29) is 17.6 Å². The summed E-state index contributed by atoms with van der Waals surface area (Å²) in [6.07, 6.45) is 3.26. The lowest BCUT2D eigenvalue weighted by Crippen LogP contribution is -2.43. The molecule has 4 rings (SSSR count). The number of nitrogens with one attached hydrogen (secondary N) is 2. The van der Waals surface area contributed by atoms with E-state index in [2.05, 4.69) is 10.6 Å². The largest absolute Gasteiger partial charge is 0.346 e. The van der Waals surface area contributed by atoms with Gasteiger partial charge in [0.25, 0.3) is 11.6 Å². The van der Waals surface area contributed by atoms with Crippen molar-refractivity contribution in [1.82, 2.24) is 15.2 Å². The van der Waals surface area contributed by atoms with Crippen LogP contribution in [0.15, 0.2) is 36.4 Å². The normalized spacial score (nSPS) is 24.4. The molecular formula is C18H20N4O3. The fourth-order valence-corrected chi connectivity index (χ4v) is 4.09. The standard InChI is InChI=1S/C18H20N4O3/c1-21-15(12-4-2-3-5-16(12)22(24)25)8-9-17(21)18(23)20-14-10-11-6-7-13(14)19-11/h2-5,8-9,11,13-14,19H,6-7,10H2,1H3,(H,20,23)/t11-,13+,14-/m1/s1. The molecule has 25 heavy (non-hydrogen) atoms. The minimum absolute atomic E-state index is 0.0351. The van der Waals surface area contributed by atoms with Crippen LogP contribution in [0.3, 0.4) is 0 Å². The van der Waals surface area contributed by atoms with Gasteiger partial charge in [-0.05, 0) is 37.5 Å². The molecule has 2 aliphatic heterocycles. The van der Waals surface area contributed by atoms with Gasteiger partial charge in [-0.25, -0.2) is 0 Å². The quantitative estimate of drug-likeness (QED) is 0.660. The van der Waals surface area contributed by atoms with Gasteiger partial charge in [0.1, 0.15) is 5.69 Å². The number of aromatic nitrogens is 1. The van der Waals surface area contributed by atoms with Crippen molar-refractivity contribution in [2.24, 2.45) is 7.05 Å². The van der Waals surface area contributed by atoms with Crippen LogP contribution in [-0.4, -0.2) is 33.5 Å². The molecule has 2 aliphatic rings. The zero-order valence-corrected chi connectivity index (χ0v) is 13.9. The van der Waals surface area contributed by atoms with Gasteiger partial charge in [-0.15, -0.1) is 0 Å². The van der Waals surface area contributed by atoms with Gasteiger partial charge in [-0.1, -0.05) is 12.1 Å². The third kappa shape index (κ3) is 2.70. The molecule has 0 spiro atoms. The fraction of sp³-hybridized carbons (Fsp3) is 0.389. The van der Waals surface area contributed by atoms with Crippen LogP contribution in [0.4, 0.5) is 5.69 Å². The van der Waals surface area contributed by atoms with E-state index in [9.17, 15) is 14.9 Å². The molecule has 1 aromatic carbocycles. The molecular weight excluding hydrogens is 320 g/mol. The number of amides is 1. The van der Waals surface area contributed by atoms with Crippen LogP contribution < -0.4 is 10.6 Å². The predicted octanol–water partition coefficient (Wildman–Crippen LogP) is 2.22. The SMILES string of the molecule is Cn1c(C(=O)N[C@@H]2C[C@H]3CC[C@@H]2N3)ccc1-c1ccccc1[N+](=O)[O-]. The lowest BCUT2D eigenvalue weighted by atomic mass is 9.95. The van der Waals surface area contributed by atoms with Crippen molar-refractivity contribution in [3.05, 3.63) is 52.2 Å². The van der Waals surface area contributed by atoms with E-state index in [4.69, 9.17) is 0 Å². The first-order valence-electron chi connectivity index (χ1n) is 8.51. The Morgan fingerprint density at radius 2 is 2.08 bits per heavy atom. The number of carbonyl (C=O) groups excluding carboxylic acids is 1. The Hall–Kier alpha value is -2.67. The molecule has 3 heterocycles. The van der Waals surface area contributed by atoms with Crippen molar-refractivity contribution in [3.8, 4) is 11.3 Å². The van der Waals surface area contributed by atoms with Crippen LogP contribution in [0.25, 0.3) is 11.3 Å². The summed E-state index contributed by atoms with van der Waals surface area (Å²) in [5.74, 6) is -0.133. The lowest BCUT2D eigenvalue weighted by Gasteiger charge is -2.21. The van der Waals surface area contributed by atoms with Crippen molar-refractivity contribution in [3.63, 3.8) is 0 Å². The van der Waals surface area contributed by atoms with E-state index in [0.29, 0.717) is 29.0 Å². The minimum atomic E-state index is -0.400. The highest BCUT2D eigenvalue weighted by atomic mass is 16.6. The third-order valence-electron chi connectivity index (χ3n) is 5.35. The van der Waals surface area contributed by atoms with Crippen LogP contribution in [-0.2, 0) is 7.05 Å². The number of para-hydroxylation sites is 1. The molecule has 7 heteroatoms. The molecule has 0 aliphatic carbocycles. The van der Waals surface area contributed by atoms with Crippen LogP contribution >= 0.6 is 0 Å². The molecule has 2 N–H and O–H groups in total. The van der Waals surface area contributed by atoms with Gasteiger partial charge in [0.2, 0.25) is 0 Å². The van der Waals surface area contributed by atoms with Crippen molar-refractivity contribution in [1.29, 1.82) is 0 Å². The van der Waals surface area contributed by atoms with Gasteiger partial charge in [-0.3, -0.25) is 14.9 Å². The Morgan fingerprint density at radius 3 is 2.76 bits per heavy atom. The average molecular weight is 340 g/mol. The Bertz CT molecular complexity index is 845. The summed E-state index contributed by atoms with van der Waals surface area (Å²) in [5, 5.41) is 17.9. The Kier molecular flexibility index (Phi) is 3.80. The van der Waals surface area contributed by atoms with Crippen LogP contribution in [0.5, 0.6) is 0 Å². The molecule has 1 aromatic heterocycles. The highest BCUT2D eigenvalue weighted by Crippen LogP contribution is 2.31. The van der Waals surface area contributed by atoms with Crippen molar-refractivity contribution in [2.75, 3.05) is 0 Å². The number of nitro groups is 1. The van der Waals surface area contributed by atoms with Gasteiger partial charge >= 0.3 is 0 Å². The summed E-state index contributed by atoms with van der Waals surface area (Å²) in [7, 11) is 1.76. The maximum Gasteiger partial charge on any atom is 0.278 e. The number of rotatable bonds is 4. The van der Waals surface area contributed by atoms with Gasteiger partial charge in [0.05, 0.1) is 16.2 Å². The zero-order chi connectivity index (χ0) is 17.6. The van der Waals surface area contributed by atoms with E-state index < -0.39 is 4.92 Å². The number of fused-ring (bicyclic) bond motifs is 2. The molecule has 7 nitrogen and oxygen atoms in total. The molecule has 0 saturated carbocycles. The summed E-state index contributed by atoms with van der Waals surface area (Å²) in [4.78, 5) is 23.5. The second kappa shape index (κ2) is 6.00. The molecule has 0 radical (unpaired) electrons. The van der Waals surface area contributed by atoms with Crippen molar-refractivity contribution >= 4 is 11.6 Å². The summed E-state index contributed by atoms with van der Waals surface area (Å²) in [6.45, 7) is 0. The van der Waals surface area contributed by atoms with E-state index in [1.165, 1.54) is 12.5 Å². The number of hydrogen-bond acceptors (Lipinski definition) is 4. The Balaban J connectivity index is 1.59. The lowest BCUT2D eigenvalue weighted by molar-refractivity contribution is -0.384. The number of hydrogen-bond donors (Lipinski definition) is 2. The highest BCUT2D eigenvalue weighted by Gasteiger charge is 2.39. The smallest absolute Gasteiger partial charge is 0.278 e. The van der Waals surface area contributed by atoms with E-state index >= 15 is 0 Å². The predicted molar refractivity (Wildman–Crippen MR) is 93.3 cm³/mol. The summed E-state index contributed by atoms with van der Waals surface area (Å²) >= 11 is 0. The monoisotopic (exact) mass is 340 g/mol. The van der Waals surface area contributed by atoms with E-state index in [1.54, 1.807) is 41.9 Å². The average Bonchev–Trinajstić information content (AvgIpc) is 3.30. The van der Waals surface area contributed by atoms with Gasteiger partial charge in [0, 0.05) is 31.2 Å². The second-order valence-corrected chi connectivity index (χ2v) is 6.80. The summed E-state index contributed by atoms with van der Waals surface area (Å²) in [6, 6.07) is 11.1. The third-order valence-corrected chi connectivity index (χ3v) is 5.35. The maximum absolute atomic E-state index is 12.7. The molecule has 2 bridgehead atoms. The van der Waals surface area contributed by atoms with Gasteiger partial charge in [-0.2, -0.15) is 0 Å². The number of nitro benzene ring substituents is 1. The second-order valence-electron chi connectivity index (χ2n) is 6.80. The molecule has 2 saturated heterocycles. The topological polar surface area (TPSA) is 89.2 Å². The molecule has 1 amide bonds. The molecule has 2 fully saturated rings. The van der Waals surface area contributed by atoms with E-state index in [1.807, 2.05) is 0 Å². The first-order valence-corrected chi connectivity index (χ1v) is 8.51. The zero-order valence-electron chi connectivity index (χ0n) is 13.9. The molecule has 130 valence electrons. The highest BCUT2D eigenvalue weighted by molar-refractivity contribution is 5.94. The Labute approximate surface area is 145 Å². The summed E-state index contributed by atoms with van der Waals surface area (Å²) < 4.78 is 1.72. The fourth-order valence-electron chi connectivity index (χ4n) is 4.09. The summed E-state index contributed by atoms with van der Waals surface area (Å²) in [5.41, 5.74) is 1.71. The van der Waals surface area contributed by atoms with Crippen molar-refractivity contribution in [2.45, 2.75) is 37.4 Å². The number of benzene rings is 1. The molecule has 3 atom stereocenters. The van der Waals surface area contributed by atoms with Crippen LogP contribution in [0.2, 0.25) is 0 Å². The van der Waals surface area contributed by atoms with Gasteiger partial charge < -0.3 is 15.2 Å². The minimum Gasteiger partial charge on any atom is -0.346 e. The van der Waals surface area contributed by atoms with Gasteiger partial charge in [0.15, 0.2) is 0 Å². The molecule has 0 unspecified atom stereocenters. The van der Waals surface area contributed by atoms with Crippen LogP contribution in [0, 0.1) is 10.1 Å². The first kappa shape index (κ1) is 15.8. The molecule has 2 aromatic rings. The van der Waals surface area contributed by atoms with Crippen molar-refractivity contribution < 1.29 is 9.72 Å².